The zero-order chi connectivity index (χ0) is 18.6. The smallest absolute Gasteiger partial charge is 0.245 e. The second-order valence-electron chi connectivity index (χ2n) is 7.67. The molecular formula is C19H22N4O3S. The fraction of sp³-hybridized carbons (Fsp3) is 0.474. The van der Waals surface area contributed by atoms with Crippen molar-refractivity contribution in [3.05, 3.63) is 36.7 Å². The van der Waals surface area contributed by atoms with E-state index >= 15 is 0 Å². The number of amides is 1. The van der Waals surface area contributed by atoms with Gasteiger partial charge >= 0.3 is 0 Å². The van der Waals surface area contributed by atoms with Gasteiger partial charge in [0.2, 0.25) is 15.9 Å². The minimum Gasteiger partial charge on any atom is -0.345 e. The van der Waals surface area contributed by atoms with Crippen molar-refractivity contribution in [2.45, 2.75) is 17.7 Å². The number of carbonyl (C=O) groups excluding carboxylic acids is 1. The van der Waals surface area contributed by atoms with E-state index in [4.69, 9.17) is 0 Å². The molecule has 2 aromatic rings. The third-order valence-electron chi connectivity index (χ3n) is 6.18. The van der Waals surface area contributed by atoms with Crippen molar-refractivity contribution >= 4 is 27.0 Å². The summed E-state index contributed by atoms with van der Waals surface area (Å²) in [5.74, 6) is 1.21. The van der Waals surface area contributed by atoms with Crippen LogP contribution in [0, 0.1) is 17.8 Å². The molecule has 1 N–H and O–H groups in total. The van der Waals surface area contributed by atoms with Crippen molar-refractivity contribution in [1.29, 1.82) is 0 Å². The summed E-state index contributed by atoms with van der Waals surface area (Å²) in [5.41, 5.74) is 0.564. The van der Waals surface area contributed by atoms with Gasteiger partial charge in [0.05, 0.1) is 0 Å². The highest BCUT2D eigenvalue weighted by Crippen LogP contribution is 2.44. The first kappa shape index (κ1) is 16.9. The Morgan fingerprint density at radius 3 is 2.67 bits per heavy atom. The summed E-state index contributed by atoms with van der Waals surface area (Å²) in [7, 11) is -3.61. The van der Waals surface area contributed by atoms with Crippen LogP contribution in [0.5, 0.6) is 0 Å². The molecule has 1 saturated heterocycles. The molecule has 2 fully saturated rings. The number of fused-ring (bicyclic) bond motifs is 3. The summed E-state index contributed by atoms with van der Waals surface area (Å²) < 4.78 is 27.6. The van der Waals surface area contributed by atoms with Crippen LogP contribution in [0.3, 0.4) is 0 Å². The minimum atomic E-state index is -3.61. The van der Waals surface area contributed by atoms with Gasteiger partial charge in [-0.3, -0.25) is 4.79 Å². The van der Waals surface area contributed by atoms with E-state index in [1.807, 2.05) is 4.90 Å². The van der Waals surface area contributed by atoms with Gasteiger partial charge in [0, 0.05) is 49.9 Å². The Hall–Kier alpha value is -2.19. The van der Waals surface area contributed by atoms with Gasteiger partial charge in [-0.1, -0.05) is 12.2 Å². The lowest BCUT2D eigenvalue weighted by molar-refractivity contribution is -0.137. The summed E-state index contributed by atoms with van der Waals surface area (Å²) in [6.07, 6.45) is 9.59. The average molecular weight is 386 g/mol. The Balaban J connectivity index is 1.30. The lowest BCUT2D eigenvalue weighted by Gasteiger charge is -2.36. The summed E-state index contributed by atoms with van der Waals surface area (Å²) >= 11 is 0. The highest BCUT2D eigenvalue weighted by atomic mass is 32.2. The maximum Gasteiger partial charge on any atom is 0.245 e. The van der Waals surface area contributed by atoms with Crippen molar-refractivity contribution < 1.29 is 13.2 Å². The molecule has 0 radical (unpaired) electrons. The summed E-state index contributed by atoms with van der Waals surface area (Å²) in [6.45, 7) is 1.57. The number of carbonyl (C=O) groups is 1. The molecule has 0 spiro atoms. The van der Waals surface area contributed by atoms with E-state index in [0.717, 1.165) is 12.8 Å². The van der Waals surface area contributed by atoms with Crippen LogP contribution in [0.4, 0.5) is 0 Å². The maximum absolute atomic E-state index is 13.1. The van der Waals surface area contributed by atoms with E-state index in [1.54, 1.807) is 18.3 Å². The fourth-order valence-electron chi connectivity index (χ4n) is 4.73. The first-order chi connectivity index (χ1) is 13.0. The molecule has 1 aliphatic heterocycles. The number of hydrogen-bond acceptors (Lipinski definition) is 4. The van der Waals surface area contributed by atoms with Crippen LogP contribution in [0.1, 0.15) is 12.8 Å². The van der Waals surface area contributed by atoms with Gasteiger partial charge in [0.1, 0.15) is 10.5 Å². The van der Waals surface area contributed by atoms with E-state index < -0.39 is 10.0 Å². The van der Waals surface area contributed by atoms with Crippen LogP contribution in [0.25, 0.3) is 11.0 Å². The predicted molar refractivity (Wildman–Crippen MR) is 100 cm³/mol. The molecule has 3 heterocycles. The van der Waals surface area contributed by atoms with E-state index in [2.05, 4.69) is 22.1 Å². The van der Waals surface area contributed by atoms with Crippen molar-refractivity contribution in [3.8, 4) is 0 Å². The number of aromatic amines is 1. The highest BCUT2D eigenvalue weighted by molar-refractivity contribution is 7.89. The van der Waals surface area contributed by atoms with E-state index in [0.29, 0.717) is 49.0 Å². The normalized spacial score (nSPS) is 28.3. The third kappa shape index (κ3) is 2.70. The van der Waals surface area contributed by atoms with E-state index in [-0.39, 0.29) is 16.7 Å². The molecule has 5 rings (SSSR count). The molecule has 0 unspecified atom stereocenters. The summed E-state index contributed by atoms with van der Waals surface area (Å²) in [5, 5.41) is 0.602. The Labute approximate surface area is 158 Å². The minimum absolute atomic E-state index is 0.0860. The molecule has 1 amide bonds. The number of nitrogens with zero attached hydrogens (tertiary/aromatic N) is 3. The molecule has 2 bridgehead atoms. The molecule has 3 aliphatic rings. The summed E-state index contributed by atoms with van der Waals surface area (Å²) in [6, 6.07) is 3.49. The van der Waals surface area contributed by atoms with Gasteiger partial charge in [-0.2, -0.15) is 4.31 Å². The molecule has 27 heavy (non-hydrogen) atoms. The molecular weight excluding hydrogens is 364 g/mol. The zero-order valence-electron chi connectivity index (χ0n) is 14.9. The number of hydrogen-bond donors (Lipinski definition) is 1. The lowest BCUT2D eigenvalue weighted by atomic mass is 9.92. The van der Waals surface area contributed by atoms with E-state index in [1.165, 1.54) is 10.5 Å². The van der Waals surface area contributed by atoms with Gasteiger partial charge in [0.15, 0.2) is 0 Å². The van der Waals surface area contributed by atoms with Gasteiger partial charge < -0.3 is 9.88 Å². The fourth-order valence-corrected chi connectivity index (χ4v) is 6.30. The molecule has 2 aromatic heterocycles. The molecule has 2 aliphatic carbocycles. The molecule has 0 aromatic carbocycles. The SMILES string of the molecule is O=C([C@@H]1C[C@H]2C=C[C@H]1C2)N1CCN(S(=O)(=O)c2c[nH]c3ncccc23)CC1. The molecule has 3 atom stereocenters. The number of rotatable bonds is 3. The Kier molecular flexibility index (Phi) is 3.87. The maximum atomic E-state index is 13.1. The van der Waals surface area contributed by atoms with E-state index in [9.17, 15) is 13.2 Å². The predicted octanol–water partition coefficient (Wildman–Crippen LogP) is 1.61. The Bertz CT molecular complexity index is 1020. The monoisotopic (exact) mass is 386 g/mol. The molecule has 7 nitrogen and oxygen atoms in total. The number of piperazine rings is 1. The van der Waals surface area contributed by atoms with Crippen LogP contribution in [0.2, 0.25) is 0 Å². The number of nitrogens with one attached hydrogen (secondary N) is 1. The standard InChI is InChI=1S/C19H22N4O3S/c24-19(16-11-13-3-4-14(16)10-13)22-6-8-23(9-7-22)27(25,26)17-12-21-18-15(17)2-1-5-20-18/h1-5,12-14,16H,6-11H2,(H,20,21)/t13-,14-,16+/m0/s1. The number of pyridine rings is 1. The Morgan fingerprint density at radius 2 is 1.96 bits per heavy atom. The second-order valence-corrected chi connectivity index (χ2v) is 9.57. The highest BCUT2D eigenvalue weighted by Gasteiger charge is 2.42. The quantitative estimate of drug-likeness (QED) is 0.812. The first-order valence-electron chi connectivity index (χ1n) is 9.43. The first-order valence-corrected chi connectivity index (χ1v) is 10.9. The summed E-state index contributed by atoms with van der Waals surface area (Å²) in [4.78, 5) is 22.0. The van der Waals surface area contributed by atoms with Gasteiger partial charge in [-0.25, -0.2) is 13.4 Å². The zero-order valence-corrected chi connectivity index (χ0v) is 15.7. The van der Waals surface area contributed by atoms with Crippen LogP contribution >= 0.6 is 0 Å². The van der Waals surface area contributed by atoms with Gasteiger partial charge in [-0.15, -0.1) is 0 Å². The van der Waals surface area contributed by atoms with Gasteiger partial charge in [0.25, 0.3) is 0 Å². The average Bonchev–Trinajstić information content (AvgIpc) is 3.42. The lowest BCUT2D eigenvalue weighted by Crippen LogP contribution is -2.52. The van der Waals surface area contributed by atoms with Crippen LogP contribution < -0.4 is 0 Å². The number of allylic oxidation sites excluding steroid dienone is 2. The van der Waals surface area contributed by atoms with Gasteiger partial charge in [-0.05, 0) is 36.8 Å². The number of aromatic nitrogens is 2. The van der Waals surface area contributed by atoms with Crippen LogP contribution in [0.15, 0.2) is 41.6 Å². The molecule has 1 saturated carbocycles. The van der Waals surface area contributed by atoms with Crippen molar-refractivity contribution in [2.75, 3.05) is 26.2 Å². The van der Waals surface area contributed by atoms with Crippen LogP contribution in [-0.2, 0) is 14.8 Å². The molecule has 142 valence electrons. The topological polar surface area (TPSA) is 86.4 Å². The third-order valence-corrected chi connectivity index (χ3v) is 8.12. The Morgan fingerprint density at radius 1 is 1.15 bits per heavy atom. The second kappa shape index (κ2) is 6.17. The largest absolute Gasteiger partial charge is 0.345 e. The van der Waals surface area contributed by atoms with Crippen molar-refractivity contribution in [3.63, 3.8) is 0 Å². The number of H-pyrrole nitrogens is 1. The van der Waals surface area contributed by atoms with Crippen molar-refractivity contribution in [2.24, 2.45) is 17.8 Å². The van der Waals surface area contributed by atoms with Crippen LogP contribution in [-0.4, -0.2) is 59.7 Å². The molecule has 8 heteroatoms. The number of sulfonamides is 1. The van der Waals surface area contributed by atoms with Crippen molar-refractivity contribution in [1.82, 2.24) is 19.2 Å².